The van der Waals surface area contributed by atoms with Crippen LogP contribution in [0.4, 0.5) is 11.6 Å². The third-order valence-electron chi connectivity index (χ3n) is 6.58. The number of aromatic nitrogens is 2. The van der Waals surface area contributed by atoms with Crippen LogP contribution >= 0.6 is 31.9 Å². The molecule has 0 amide bonds. The minimum Gasteiger partial charge on any atom is -0.383 e. The first-order valence-electron chi connectivity index (χ1n) is 9.77. The van der Waals surface area contributed by atoms with E-state index in [1.165, 1.54) is 0 Å². The highest BCUT2D eigenvalue weighted by Crippen LogP contribution is 2.54. The van der Waals surface area contributed by atoms with E-state index in [1.807, 2.05) is 12.1 Å². The van der Waals surface area contributed by atoms with E-state index in [2.05, 4.69) is 41.8 Å². The average molecular weight is 508 g/mol. The Hall–Kier alpha value is -1.47. The number of hydrogen-bond acceptors (Lipinski definition) is 5. The molecular weight excluding hydrogens is 484 g/mol. The van der Waals surface area contributed by atoms with Gasteiger partial charge < -0.3 is 11.5 Å². The standard InChI is InChI=1S/C21H24Br2N4O/c22-13-9-15(17(24)26-11-13)20(5-1-2-6-20)19(28)21(7-3-4-8-21)16-10-14(23)12-27-18(16)25/h9-12H,1-8H2,(H2,24,26)(H2,25,27). The smallest absolute Gasteiger partial charge is 0.154 e. The summed E-state index contributed by atoms with van der Waals surface area (Å²) in [6, 6.07) is 3.97. The first-order valence-corrected chi connectivity index (χ1v) is 11.4. The highest BCUT2D eigenvalue weighted by molar-refractivity contribution is 9.10. The van der Waals surface area contributed by atoms with Gasteiger partial charge in [-0.25, -0.2) is 9.97 Å². The van der Waals surface area contributed by atoms with Gasteiger partial charge in [-0.05, 0) is 69.7 Å². The molecule has 4 rings (SSSR count). The lowest BCUT2D eigenvalue weighted by Crippen LogP contribution is -2.47. The Balaban J connectivity index is 1.90. The van der Waals surface area contributed by atoms with Gasteiger partial charge in [0.25, 0.3) is 0 Å². The van der Waals surface area contributed by atoms with Crippen LogP contribution in [0.15, 0.2) is 33.5 Å². The predicted molar refractivity (Wildman–Crippen MR) is 118 cm³/mol. The monoisotopic (exact) mass is 506 g/mol. The SMILES string of the molecule is Nc1ncc(Br)cc1C1(C(=O)C2(c3cc(Br)cnc3N)CCCC2)CCCC1. The summed E-state index contributed by atoms with van der Waals surface area (Å²) in [5, 5.41) is 0. The molecule has 0 aliphatic heterocycles. The number of nitrogens with two attached hydrogens (primary N) is 2. The van der Waals surface area contributed by atoms with Crippen LogP contribution in [0.1, 0.15) is 62.5 Å². The Kier molecular flexibility index (Phi) is 5.25. The molecule has 28 heavy (non-hydrogen) atoms. The summed E-state index contributed by atoms with van der Waals surface area (Å²) >= 11 is 7.03. The second-order valence-electron chi connectivity index (χ2n) is 8.08. The quantitative estimate of drug-likeness (QED) is 0.603. The number of nitrogen functional groups attached to an aromatic ring is 2. The van der Waals surface area contributed by atoms with Crippen LogP contribution in [0.5, 0.6) is 0 Å². The fourth-order valence-corrected chi connectivity index (χ4v) is 5.98. The second kappa shape index (κ2) is 7.41. The molecule has 148 valence electrons. The van der Waals surface area contributed by atoms with Gasteiger partial charge in [0, 0.05) is 32.5 Å². The van der Waals surface area contributed by atoms with E-state index >= 15 is 0 Å². The van der Waals surface area contributed by atoms with Gasteiger partial charge in [-0.2, -0.15) is 0 Å². The minimum atomic E-state index is -0.611. The van der Waals surface area contributed by atoms with Gasteiger partial charge in [0.1, 0.15) is 11.6 Å². The molecule has 0 atom stereocenters. The van der Waals surface area contributed by atoms with E-state index < -0.39 is 10.8 Å². The summed E-state index contributed by atoms with van der Waals surface area (Å²) in [6.45, 7) is 0. The maximum Gasteiger partial charge on any atom is 0.154 e. The van der Waals surface area contributed by atoms with Crippen LogP contribution in [0, 0.1) is 0 Å². The zero-order chi connectivity index (χ0) is 19.9. The van der Waals surface area contributed by atoms with Crippen molar-refractivity contribution in [2.24, 2.45) is 0 Å². The molecular formula is C21H24Br2N4O. The second-order valence-corrected chi connectivity index (χ2v) is 9.91. The first-order chi connectivity index (χ1) is 13.4. The van der Waals surface area contributed by atoms with Gasteiger partial charge >= 0.3 is 0 Å². The van der Waals surface area contributed by atoms with Crippen LogP contribution in [-0.4, -0.2) is 15.8 Å². The molecule has 2 aliphatic carbocycles. The zero-order valence-electron chi connectivity index (χ0n) is 15.7. The number of pyridine rings is 2. The highest BCUT2D eigenvalue weighted by Gasteiger charge is 2.55. The molecule has 4 N–H and O–H groups in total. The van der Waals surface area contributed by atoms with Crippen molar-refractivity contribution in [3.63, 3.8) is 0 Å². The lowest BCUT2D eigenvalue weighted by Gasteiger charge is -2.39. The maximum absolute atomic E-state index is 14.4. The molecule has 2 aromatic heterocycles. The number of ketones is 1. The molecule has 2 fully saturated rings. The third-order valence-corrected chi connectivity index (χ3v) is 7.45. The van der Waals surface area contributed by atoms with E-state index in [1.54, 1.807) is 12.4 Å². The number of nitrogens with zero attached hydrogens (tertiary/aromatic N) is 2. The Morgan fingerprint density at radius 3 is 1.50 bits per heavy atom. The number of carbonyl (C=O) groups is 1. The van der Waals surface area contributed by atoms with Crippen molar-refractivity contribution in [2.45, 2.75) is 62.2 Å². The Morgan fingerprint density at radius 2 is 1.14 bits per heavy atom. The highest BCUT2D eigenvalue weighted by atomic mass is 79.9. The summed E-state index contributed by atoms with van der Waals surface area (Å²) in [7, 11) is 0. The number of rotatable bonds is 4. The van der Waals surface area contributed by atoms with Crippen LogP contribution in [0.2, 0.25) is 0 Å². The number of hydrogen-bond donors (Lipinski definition) is 2. The topological polar surface area (TPSA) is 94.9 Å². The van der Waals surface area contributed by atoms with Crippen LogP contribution in [-0.2, 0) is 15.6 Å². The first kappa shape index (κ1) is 19.8. The van der Waals surface area contributed by atoms with E-state index in [-0.39, 0.29) is 5.78 Å². The van der Waals surface area contributed by atoms with Gasteiger partial charge in [-0.15, -0.1) is 0 Å². The van der Waals surface area contributed by atoms with Crippen molar-refractivity contribution >= 4 is 49.3 Å². The van der Waals surface area contributed by atoms with Crippen LogP contribution in [0.25, 0.3) is 0 Å². The Morgan fingerprint density at radius 1 is 0.786 bits per heavy atom. The molecule has 2 aliphatic rings. The largest absolute Gasteiger partial charge is 0.383 e. The van der Waals surface area contributed by atoms with Gasteiger partial charge in [0.05, 0.1) is 10.8 Å². The number of halogens is 2. The molecule has 2 aromatic rings. The van der Waals surface area contributed by atoms with Crippen LogP contribution < -0.4 is 11.5 Å². The van der Waals surface area contributed by atoms with Crippen LogP contribution in [0.3, 0.4) is 0 Å². The van der Waals surface area contributed by atoms with Crippen molar-refractivity contribution < 1.29 is 4.79 Å². The van der Waals surface area contributed by atoms with Crippen molar-refractivity contribution in [1.82, 2.24) is 9.97 Å². The van der Waals surface area contributed by atoms with Gasteiger partial charge in [0.15, 0.2) is 5.78 Å². The number of Topliss-reactive ketones (excluding diaryl/α,β-unsaturated/α-hetero) is 1. The van der Waals surface area contributed by atoms with E-state index in [4.69, 9.17) is 11.5 Å². The van der Waals surface area contributed by atoms with Crippen molar-refractivity contribution in [3.8, 4) is 0 Å². The third kappa shape index (κ3) is 3.07. The molecule has 0 bridgehead atoms. The lowest BCUT2D eigenvalue weighted by molar-refractivity contribution is -0.130. The fourth-order valence-electron chi connectivity index (χ4n) is 5.32. The van der Waals surface area contributed by atoms with Crippen molar-refractivity contribution in [3.05, 3.63) is 44.6 Å². The average Bonchev–Trinajstić information content (AvgIpc) is 3.36. The lowest BCUT2D eigenvalue weighted by atomic mass is 9.62. The molecule has 0 aromatic carbocycles. The van der Waals surface area contributed by atoms with Gasteiger partial charge in [-0.3, -0.25) is 4.79 Å². The summed E-state index contributed by atoms with van der Waals surface area (Å²) in [4.78, 5) is 23.1. The Labute approximate surface area is 182 Å². The summed E-state index contributed by atoms with van der Waals surface area (Å²) in [6.07, 6.45) is 10.6. The molecule has 5 nitrogen and oxygen atoms in total. The molecule has 2 saturated carbocycles. The summed E-state index contributed by atoms with van der Waals surface area (Å²) in [5.41, 5.74) is 13.1. The number of anilines is 2. The molecule has 0 spiro atoms. The molecule has 0 radical (unpaired) electrons. The van der Waals surface area contributed by atoms with E-state index in [9.17, 15) is 4.79 Å². The van der Waals surface area contributed by atoms with Crippen molar-refractivity contribution in [2.75, 3.05) is 11.5 Å². The summed E-state index contributed by atoms with van der Waals surface area (Å²) < 4.78 is 1.69. The Bertz CT molecular complexity index is 845. The minimum absolute atomic E-state index is 0.244. The number of carbonyl (C=O) groups excluding carboxylic acids is 1. The van der Waals surface area contributed by atoms with Gasteiger partial charge in [-0.1, -0.05) is 25.7 Å². The molecule has 2 heterocycles. The molecule has 0 saturated heterocycles. The molecule has 0 unspecified atom stereocenters. The zero-order valence-corrected chi connectivity index (χ0v) is 18.9. The normalized spacial score (nSPS) is 20.4. The van der Waals surface area contributed by atoms with E-state index in [0.717, 1.165) is 71.4 Å². The fraction of sp³-hybridized carbons (Fsp3) is 0.476. The molecule has 7 heteroatoms. The maximum atomic E-state index is 14.4. The predicted octanol–water partition coefficient (Wildman–Crippen LogP) is 5.06. The van der Waals surface area contributed by atoms with E-state index in [0.29, 0.717) is 11.6 Å². The summed E-state index contributed by atoms with van der Waals surface area (Å²) in [5.74, 6) is 1.15. The van der Waals surface area contributed by atoms with Gasteiger partial charge in [0.2, 0.25) is 0 Å². The van der Waals surface area contributed by atoms with Crippen molar-refractivity contribution in [1.29, 1.82) is 0 Å².